The van der Waals surface area contributed by atoms with E-state index >= 15 is 0 Å². The van der Waals surface area contributed by atoms with E-state index in [1.807, 2.05) is 31.2 Å². The highest BCUT2D eigenvalue weighted by atomic mass is 35.5. The fourth-order valence-electron chi connectivity index (χ4n) is 2.98. The van der Waals surface area contributed by atoms with Crippen LogP contribution in [0.1, 0.15) is 11.1 Å². The summed E-state index contributed by atoms with van der Waals surface area (Å²) in [6, 6.07) is 20.0. The molecule has 0 spiro atoms. The van der Waals surface area contributed by atoms with E-state index in [0.29, 0.717) is 22.3 Å². The summed E-state index contributed by atoms with van der Waals surface area (Å²) >= 11 is 12.0. The average molecular weight is 477 g/mol. The quantitative estimate of drug-likeness (QED) is 0.473. The molecule has 0 aliphatic heterocycles. The number of carbonyl (C=O) groups excluding carboxylic acids is 1. The van der Waals surface area contributed by atoms with Gasteiger partial charge in [-0.15, -0.1) is 0 Å². The fraction of sp³-hybridized carbons (Fsp3) is 0.174. The van der Waals surface area contributed by atoms with Crippen LogP contribution in [0.15, 0.2) is 77.7 Å². The first-order chi connectivity index (χ1) is 14.7. The largest absolute Gasteiger partial charge is 0.340 e. The lowest BCUT2D eigenvalue weighted by molar-refractivity contribution is -0.128. The molecule has 0 saturated heterocycles. The molecule has 3 aromatic carbocycles. The Morgan fingerprint density at radius 2 is 1.55 bits per heavy atom. The summed E-state index contributed by atoms with van der Waals surface area (Å²) in [5.74, 6) is -0.349. The number of aryl methyl sites for hydroxylation is 1. The Morgan fingerprint density at radius 1 is 0.903 bits per heavy atom. The van der Waals surface area contributed by atoms with Gasteiger partial charge in [0.2, 0.25) is 5.91 Å². The molecule has 31 heavy (non-hydrogen) atoms. The molecular formula is C23H22Cl2N2O3S. The lowest BCUT2D eigenvalue weighted by Gasteiger charge is -2.27. The molecule has 0 radical (unpaired) electrons. The zero-order valence-electron chi connectivity index (χ0n) is 17.1. The Bertz CT molecular complexity index is 1160. The zero-order chi connectivity index (χ0) is 22.6. The summed E-state index contributed by atoms with van der Waals surface area (Å²) in [5, 5.41) is 0.788. The molecule has 0 N–H and O–H groups in total. The number of nitrogens with zero attached hydrogens (tertiary/aromatic N) is 2. The number of rotatable bonds is 7. The minimum absolute atomic E-state index is 0.0332. The molecule has 5 nitrogen and oxygen atoms in total. The van der Waals surface area contributed by atoms with Crippen molar-refractivity contribution >= 4 is 44.8 Å². The summed E-state index contributed by atoms with van der Waals surface area (Å²) < 4.78 is 27.8. The third kappa shape index (κ3) is 5.79. The SMILES string of the molecule is Cc1ccc(CN(C)C(=O)CN(c2cccc(Cl)c2)S(=O)(=O)c2ccc(Cl)cc2)cc1. The molecule has 0 aliphatic carbocycles. The second-order valence-corrected chi connectivity index (χ2v) is 9.92. The smallest absolute Gasteiger partial charge is 0.264 e. The fourth-order valence-corrected chi connectivity index (χ4v) is 4.70. The van der Waals surface area contributed by atoms with Crippen molar-refractivity contribution in [1.29, 1.82) is 0 Å². The molecule has 1 amide bonds. The van der Waals surface area contributed by atoms with Crippen LogP contribution in [0.25, 0.3) is 0 Å². The maximum absolute atomic E-state index is 13.4. The summed E-state index contributed by atoms with van der Waals surface area (Å²) in [4.78, 5) is 14.5. The van der Waals surface area contributed by atoms with Crippen LogP contribution in [0, 0.1) is 6.92 Å². The molecule has 162 valence electrons. The average Bonchev–Trinajstić information content (AvgIpc) is 2.73. The Morgan fingerprint density at radius 3 is 2.16 bits per heavy atom. The van der Waals surface area contributed by atoms with Crippen molar-refractivity contribution in [2.75, 3.05) is 17.9 Å². The van der Waals surface area contributed by atoms with Crippen molar-refractivity contribution in [2.24, 2.45) is 0 Å². The van der Waals surface area contributed by atoms with Gasteiger partial charge < -0.3 is 4.90 Å². The van der Waals surface area contributed by atoms with Gasteiger partial charge >= 0.3 is 0 Å². The molecule has 0 heterocycles. The molecule has 0 bridgehead atoms. The second-order valence-electron chi connectivity index (χ2n) is 7.18. The molecule has 0 unspecified atom stereocenters. The second kappa shape index (κ2) is 9.73. The van der Waals surface area contributed by atoms with Gasteiger partial charge in [0.1, 0.15) is 6.54 Å². The highest BCUT2D eigenvalue weighted by Crippen LogP contribution is 2.27. The van der Waals surface area contributed by atoms with E-state index in [1.165, 1.54) is 35.2 Å². The molecule has 0 fully saturated rings. The zero-order valence-corrected chi connectivity index (χ0v) is 19.5. The van der Waals surface area contributed by atoms with Crippen molar-refractivity contribution in [3.63, 3.8) is 0 Å². The Kier molecular flexibility index (Phi) is 7.26. The van der Waals surface area contributed by atoms with Crippen LogP contribution >= 0.6 is 23.2 Å². The van der Waals surface area contributed by atoms with E-state index in [9.17, 15) is 13.2 Å². The number of carbonyl (C=O) groups is 1. The van der Waals surface area contributed by atoms with E-state index in [0.717, 1.165) is 15.4 Å². The maximum Gasteiger partial charge on any atom is 0.264 e. The number of halogens is 2. The van der Waals surface area contributed by atoms with Crippen molar-refractivity contribution in [3.8, 4) is 0 Å². The molecule has 8 heteroatoms. The molecule has 0 saturated carbocycles. The van der Waals surface area contributed by atoms with Gasteiger partial charge in [-0.05, 0) is 55.0 Å². The summed E-state index contributed by atoms with van der Waals surface area (Å²) in [6.07, 6.45) is 0. The Balaban J connectivity index is 1.90. The molecule has 0 atom stereocenters. The van der Waals surface area contributed by atoms with Gasteiger partial charge in [0.15, 0.2) is 0 Å². The van der Waals surface area contributed by atoms with Crippen molar-refractivity contribution in [2.45, 2.75) is 18.4 Å². The summed E-state index contributed by atoms with van der Waals surface area (Å²) in [6.45, 7) is 1.99. The number of likely N-dealkylation sites (N-methyl/N-ethyl adjacent to an activating group) is 1. The first-order valence-corrected chi connectivity index (χ1v) is 11.7. The number of hydrogen-bond donors (Lipinski definition) is 0. The number of sulfonamides is 1. The minimum atomic E-state index is -4.03. The van der Waals surface area contributed by atoms with Crippen LogP contribution in [0.5, 0.6) is 0 Å². The molecule has 0 aliphatic rings. The van der Waals surface area contributed by atoms with E-state index in [4.69, 9.17) is 23.2 Å². The van der Waals surface area contributed by atoms with Crippen molar-refractivity contribution in [1.82, 2.24) is 4.90 Å². The Labute approximate surface area is 192 Å². The first-order valence-electron chi connectivity index (χ1n) is 9.50. The summed E-state index contributed by atoms with van der Waals surface area (Å²) in [5.41, 5.74) is 2.38. The van der Waals surface area contributed by atoms with Crippen molar-refractivity contribution < 1.29 is 13.2 Å². The third-order valence-corrected chi connectivity index (χ3v) is 7.02. The lowest BCUT2D eigenvalue weighted by Crippen LogP contribution is -2.41. The molecule has 3 aromatic rings. The third-order valence-electron chi connectivity index (χ3n) is 4.74. The maximum atomic E-state index is 13.4. The number of hydrogen-bond acceptors (Lipinski definition) is 3. The summed E-state index contributed by atoms with van der Waals surface area (Å²) in [7, 11) is -2.38. The van der Waals surface area contributed by atoms with E-state index in [1.54, 1.807) is 25.2 Å². The van der Waals surface area contributed by atoms with Gasteiger partial charge in [-0.2, -0.15) is 0 Å². The predicted molar refractivity (Wildman–Crippen MR) is 125 cm³/mol. The van der Waals surface area contributed by atoms with Crippen LogP contribution in [0.3, 0.4) is 0 Å². The van der Waals surface area contributed by atoms with Gasteiger partial charge in [-0.25, -0.2) is 8.42 Å². The number of benzene rings is 3. The minimum Gasteiger partial charge on any atom is -0.340 e. The Hall–Kier alpha value is -2.54. The van der Waals surface area contributed by atoms with Gasteiger partial charge in [0.25, 0.3) is 10.0 Å². The van der Waals surface area contributed by atoms with Crippen molar-refractivity contribution in [3.05, 3.63) is 94.0 Å². The van der Waals surface area contributed by atoms with Gasteiger partial charge in [-0.1, -0.05) is 59.1 Å². The lowest BCUT2D eigenvalue weighted by atomic mass is 10.1. The monoisotopic (exact) mass is 476 g/mol. The van der Waals surface area contributed by atoms with Gasteiger partial charge in [0.05, 0.1) is 10.6 Å². The number of anilines is 1. The van der Waals surface area contributed by atoms with E-state index in [-0.39, 0.29) is 17.3 Å². The van der Waals surface area contributed by atoms with Crippen LogP contribution < -0.4 is 4.31 Å². The topological polar surface area (TPSA) is 57.7 Å². The normalized spacial score (nSPS) is 11.2. The molecular weight excluding hydrogens is 455 g/mol. The highest BCUT2D eigenvalue weighted by molar-refractivity contribution is 7.92. The van der Waals surface area contributed by atoms with Gasteiger partial charge in [-0.3, -0.25) is 9.10 Å². The van der Waals surface area contributed by atoms with Crippen LogP contribution in [0.4, 0.5) is 5.69 Å². The number of amides is 1. The van der Waals surface area contributed by atoms with Crippen LogP contribution in [-0.4, -0.2) is 32.8 Å². The van der Waals surface area contributed by atoms with E-state index < -0.39 is 10.0 Å². The first kappa shape index (κ1) is 23.1. The molecule has 3 rings (SSSR count). The van der Waals surface area contributed by atoms with Gasteiger partial charge in [0, 0.05) is 23.6 Å². The van der Waals surface area contributed by atoms with Crippen LogP contribution in [-0.2, 0) is 21.4 Å². The highest BCUT2D eigenvalue weighted by Gasteiger charge is 2.28. The molecule has 0 aromatic heterocycles. The van der Waals surface area contributed by atoms with E-state index in [2.05, 4.69) is 0 Å². The van der Waals surface area contributed by atoms with Crippen LogP contribution in [0.2, 0.25) is 10.0 Å². The predicted octanol–water partition coefficient (Wildman–Crippen LogP) is 5.16. The standard InChI is InChI=1S/C23H22Cl2N2O3S/c1-17-6-8-18(9-7-17)15-26(2)23(28)16-27(21-5-3-4-20(25)14-21)31(29,30)22-12-10-19(24)11-13-22/h3-14H,15-16H2,1-2H3.